The third kappa shape index (κ3) is 12.1. The van der Waals surface area contributed by atoms with Crippen LogP contribution in [0.5, 0.6) is 0 Å². The topological polar surface area (TPSA) is 0 Å². The van der Waals surface area contributed by atoms with E-state index in [1.54, 1.807) is 0 Å². The van der Waals surface area contributed by atoms with Crippen LogP contribution in [-0.2, 0) is 6.42 Å². The normalized spacial score (nSPS) is 11.0. The maximum atomic E-state index is 5.68. The van der Waals surface area contributed by atoms with Crippen LogP contribution in [0.4, 0.5) is 0 Å². The van der Waals surface area contributed by atoms with E-state index in [4.69, 9.17) is 11.6 Å². The lowest BCUT2D eigenvalue weighted by Gasteiger charge is -2.03. The second kappa shape index (κ2) is 15.4. The zero-order valence-electron chi connectivity index (χ0n) is 14.4. The molecule has 126 valence electrons. The standard InChI is InChI=1S/C21H35Cl/c22-20-16-11-9-7-5-3-1-2-4-6-8-10-13-17-21-18-14-12-15-19-21/h12,14-15,18-19H,1-11,13,16-17,20H2. The van der Waals surface area contributed by atoms with Crippen molar-refractivity contribution >= 4 is 11.6 Å². The number of rotatable bonds is 15. The Labute approximate surface area is 143 Å². The molecule has 0 aliphatic rings. The number of alkyl halides is 1. The molecule has 0 aromatic heterocycles. The smallest absolute Gasteiger partial charge is 0.0223 e. The van der Waals surface area contributed by atoms with Crippen molar-refractivity contribution < 1.29 is 0 Å². The molecule has 0 N–H and O–H groups in total. The maximum absolute atomic E-state index is 5.68. The Morgan fingerprint density at radius 2 is 0.909 bits per heavy atom. The van der Waals surface area contributed by atoms with Gasteiger partial charge in [-0.15, -0.1) is 11.6 Å². The molecule has 0 fully saturated rings. The van der Waals surface area contributed by atoms with Crippen LogP contribution in [0, 0.1) is 0 Å². The van der Waals surface area contributed by atoms with Crippen LogP contribution in [-0.4, -0.2) is 5.88 Å². The van der Waals surface area contributed by atoms with Gasteiger partial charge in [-0.3, -0.25) is 0 Å². The Kier molecular flexibility index (Phi) is 13.7. The van der Waals surface area contributed by atoms with Crippen molar-refractivity contribution in [3.8, 4) is 0 Å². The molecular formula is C21H35Cl. The summed E-state index contributed by atoms with van der Waals surface area (Å²) in [5.41, 5.74) is 1.49. The first kappa shape index (κ1) is 19.6. The number of halogens is 1. The molecule has 0 amide bonds. The second-order valence-electron chi connectivity index (χ2n) is 6.52. The van der Waals surface area contributed by atoms with Crippen LogP contribution in [0.2, 0.25) is 0 Å². The van der Waals surface area contributed by atoms with Crippen molar-refractivity contribution in [2.45, 2.75) is 89.9 Å². The molecule has 1 aromatic carbocycles. The molecular weight excluding hydrogens is 288 g/mol. The monoisotopic (exact) mass is 322 g/mol. The number of hydrogen-bond acceptors (Lipinski definition) is 0. The van der Waals surface area contributed by atoms with Gasteiger partial charge in [0.15, 0.2) is 0 Å². The van der Waals surface area contributed by atoms with Gasteiger partial charge in [-0.1, -0.05) is 101 Å². The highest BCUT2D eigenvalue weighted by Crippen LogP contribution is 2.13. The van der Waals surface area contributed by atoms with Crippen molar-refractivity contribution in [3.63, 3.8) is 0 Å². The molecule has 0 spiro atoms. The van der Waals surface area contributed by atoms with Gasteiger partial charge in [-0.05, 0) is 24.8 Å². The average molecular weight is 323 g/mol. The summed E-state index contributed by atoms with van der Waals surface area (Å²) in [6, 6.07) is 10.9. The van der Waals surface area contributed by atoms with Gasteiger partial charge in [0.25, 0.3) is 0 Å². The van der Waals surface area contributed by atoms with Crippen LogP contribution < -0.4 is 0 Å². The van der Waals surface area contributed by atoms with Crippen LogP contribution >= 0.6 is 11.6 Å². The van der Waals surface area contributed by atoms with E-state index in [1.807, 2.05) is 0 Å². The van der Waals surface area contributed by atoms with Gasteiger partial charge >= 0.3 is 0 Å². The first-order valence-corrected chi connectivity index (χ1v) is 10.1. The molecule has 0 radical (unpaired) electrons. The van der Waals surface area contributed by atoms with E-state index in [1.165, 1.54) is 95.5 Å². The maximum Gasteiger partial charge on any atom is 0.0223 e. The summed E-state index contributed by atoms with van der Waals surface area (Å²) in [6.45, 7) is 0. The van der Waals surface area contributed by atoms with Crippen molar-refractivity contribution in [3.05, 3.63) is 35.9 Å². The van der Waals surface area contributed by atoms with Gasteiger partial charge in [0.1, 0.15) is 0 Å². The predicted molar refractivity (Wildman–Crippen MR) is 101 cm³/mol. The molecule has 0 saturated heterocycles. The van der Waals surface area contributed by atoms with Gasteiger partial charge < -0.3 is 0 Å². The molecule has 0 aliphatic carbocycles. The van der Waals surface area contributed by atoms with E-state index in [0.717, 1.165) is 5.88 Å². The number of aryl methyl sites for hydroxylation is 1. The Balaban J connectivity index is 1.73. The van der Waals surface area contributed by atoms with E-state index in [9.17, 15) is 0 Å². The summed E-state index contributed by atoms with van der Waals surface area (Å²) in [5, 5.41) is 0. The molecule has 0 saturated carbocycles. The van der Waals surface area contributed by atoms with Gasteiger partial charge in [0.05, 0.1) is 0 Å². The minimum Gasteiger partial charge on any atom is -0.127 e. The average Bonchev–Trinajstić information content (AvgIpc) is 2.56. The van der Waals surface area contributed by atoms with E-state index < -0.39 is 0 Å². The highest BCUT2D eigenvalue weighted by atomic mass is 35.5. The fourth-order valence-electron chi connectivity index (χ4n) is 3.01. The number of unbranched alkanes of at least 4 members (excludes halogenated alkanes) is 12. The largest absolute Gasteiger partial charge is 0.127 e. The summed E-state index contributed by atoms with van der Waals surface area (Å²) in [5.74, 6) is 0.839. The number of benzene rings is 1. The van der Waals surface area contributed by atoms with Gasteiger partial charge in [0, 0.05) is 5.88 Å². The van der Waals surface area contributed by atoms with Gasteiger partial charge in [-0.2, -0.15) is 0 Å². The predicted octanol–water partition coefficient (Wildman–Crippen LogP) is 7.54. The Hall–Kier alpha value is -0.490. The Bertz CT molecular complexity index is 320. The zero-order chi connectivity index (χ0) is 15.7. The molecule has 1 heteroatoms. The number of hydrogen-bond donors (Lipinski definition) is 0. The van der Waals surface area contributed by atoms with E-state index in [0.29, 0.717) is 0 Å². The summed E-state index contributed by atoms with van der Waals surface area (Å²) >= 11 is 5.68. The van der Waals surface area contributed by atoms with Crippen LogP contribution in [0.1, 0.15) is 89.0 Å². The fraction of sp³-hybridized carbons (Fsp3) is 0.714. The Morgan fingerprint density at radius 1 is 0.500 bits per heavy atom. The molecule has 0 heterocycles. The molecule has 1 aromatic rings. The van der Waals surface area contributed by atoms with E-state index in [2.05, 4.69) is 30.3 Å². The molecule has 0 bridgehead atoms. The van der Waals surface area contributed by atoms with Crippen molar-refractivity contribution in [1.82, 2.24) is 0 Å². The quantitative estimate of drug-likeness (QED) is 0.231. The summed E-state index contributed by atoms with van der Waals surface area (Å²) in [7, 11) is 0. The molecule has 1 rings (SSSR count). The SMILES string of the molecule is ClCCCCCCCCCCCCCCCc1ccccc1. The minimum absolute atomic E-state index is 0.839. The first-order valence-electron chi connectivity index (χ1n) is 9.53. The van der Waals surface area contributed by atoms with Crippen LogP contribution in [0.3, 0.4) is 0 Å². The fourth-order valence-corrected chi connectivity index (χ4v) is 3.20. The van der Waals surface area contributed by atoms with Crippen LogP contribution in [0.15, 0.2) is 30.3 Å². The highest BCUT2D eigenvalue weighted by Gasteiger charge is 1.95. The van der Waals surface area contributed by atoms with Gasteiger partial charge in [-0.25, -0.2) is 0 Å². The Morgan fingerprint density at radius 3 is 1.36 bits per heavy atom. The van der Waals surface area contributed by atoms with E-state index in [-0.39, 0.29) is 0 Å². The summed E-state index contributed by atoms with van der Waals surface area (Å²) in [4.78, 5) is 0. The van der Waals surface area contributed by atoms with Crippen molar-refractivity contribution in [2.75, 3.05) is 5.88 Å². The molecule has 0 unspecified atom stereocenters. The second-order valence-corrected chi connectivity index (χ2v) is 6.90. The molecule has 0 aliphatic heterocycles. The molecule has 0 atom stereocenters. The first-order chi connectivity index (χ1) is 10.9. The third-order valence-electron chi connectivity index (χ3n) is 4.44. The zero-order valence-corrected chi connectivity index (χ0v) is 15.1. The lowest BCUT2D eigenvalue weighted by Crippen LogP contribution is -1.86. The molecule has 22 heavy (non-hydrogen) atoms. The van der Waals surface area contributed by atoms with Crippen molar-refractivity contribution in [2.24, 2.45) is 0 Å². The van der Waals surface area contributed by atoms with Crippen LogP contribution in [0.25, 0.3) is 0 Å². The highest BCUT2D eigenvalue weighted by molar-refractivity contribution is 6.17. The lowest BCUT2D eigenvalue weighted by atomic mass is 10.0. The minimum atomic E-state index is 0.839. The van der Waals surface area contributed by atoms with E-state index >= 15 is 0 Å². The lowest BCUT2D eigenvalue weighted by molar-refractivity contribution is 0.539. The van der Waals surface area contributed by atoms with Gasteiger partial charge in [0.2, 0.25) is 0 Å². The summed E-state index contributed by atoms with van der Waals surface area (Å²) in [6.07, 6.45) is 19.4. The third-order valence-corrected chi connectivity index (χ3v) is 4.71. The molecule has 0 nitrogen and oxygen atoms in total. The van der Waals surface area contributed by atoms with Crippen molar-refractivity contribution in [1.29, 1.82) is 0 Å². The summed E-state index contributed by atoms with van der Waals surface area (Å²) < 4.78 is 0.